The van der Waals surface area contributed by atoms with E-state index in [2.05, 4.69) is 5.32 Å². The summed E-state index contributed by atoms with van der Waals surface area (Å²) in [5.41, 5.74) is 2.40. The van der Waals surface area contributed by atoms with Crippen molar-refractivity contribution in [2.45, 2.75) is 20.4 Å². The van der Waals surface area contributed by atoms with E-state index in [-0.39, 0.29) is 11.5 Å². The number of nitrogens with zero attached hydrogens (tertiary/aromatic N) is 1. The van der Waals surface area contributed by atoms with Crippen molar-refractivity contribution < 1.29 is 14.7 Å². The van der Waals surface area contributed by atoms with Crippen molar-refractivity contribution in [3.05, 3.63) is 59.7 Å². The molecule has 2 aromatic carbocycles. The Labute approximate surface area is 135 Å². The van der Waals surface area contributed by atoms with Crippen LogP contribution in [0.1, 0.15) is 29.8 Å². The van der Waals surface area contributed by atoms with Crippen molar-refractivity contribution in [3.63, 3.8) is 0 Å². The lowest BCUT2D eigenvalue weighted by Crippen LogP contribution is -2.24. The van der Waals surface area contributed by atoms with Crippen LogP contribution in [0.25, 0.3) is 0 Å². The molecule has 0 bridgehead atoms. The summed E-state index contributed by atoms with van der Waals surface area (Å²) >= 11 is 0. The summed E-state index contributed by atoms with van der Waals surface area (Å²) in [6, 6.07) is 14.8. The van der Waals surface area contributed by atoms with E-state index >= 15 is 0 Å². The molecule has 0 heterocycles. The molecule has 2 rings (SSSR count). The van der Waals surface area contributed by atoms with Gasteiger partial charge in [-0.05, 0) is 30.7 Å². The van der Waals surface area contributed by atoms with Gasteiger partial charge in [-0.1, -0.05) is 30.3 Å². The molecule has 120 valence electrons. The number of hydrogen-bond acceptors (Lipinski definition) is 3. The lowest BCUT2D eigenvalue weighted by molar-refractivity contribution is -0.114. The monoisotopic (exact) mass is 312 g/mol. The number of benzene rings is 2. The van der Waals surface area contributed by atoms with Gasteiger partial charge >= 0.3 is 5.97 Å². The normalized spacial score (nSPS) is 10.2. The number of nitrogens with one attached hydrogen (secondary N) is 1. The second kappa shape index (κ2) is 7.45. The Morgan fingerprint density at radius 2 is 1.83 bits per heavy atom. The summed E-state index contributed by atoms with van der Waals surface area (Å²) in [5.74, 6) is -1.25. The van der Waals surface area contributed by atoms with Gasteiger partial charge in [0.2, 0.25) is 5.91 Å². The maximum atomic E-state index is 11.6. The zero-order valence-electron chi connectivity index (χ0n) is 13.2. The van der Waals surface area contributed by atoms with Gasteiger partial charge in [0.1, 0.15) is 0 Å². The first-order valence-corrected chi connectivity index (χ1v) is 7.45. The first-order valence-electron chi connectivity index (χ1n) is 7.45. The van der Waals surface area contributed by atoms with Gasteiger partial charge in [-0.25, -0.2) is 4.79 Å². The lowest BCUT2D eigenvalue weighted by atomic mass is 10.1. The highest BCUT2D eigenvalue weighted by atomic mass is 16.4. The van der Waals surface area contributed by atoms with Crippen LogP contribution in [0.2, 0.25) is 0 Å². The van der Waals surface area contributed by atoms with E-state index in [0.29, 0.717) is 24.5 Å². The van der Waals surface area contributed by atoms with Crippen LogP contribution in [-0.4, -0.2) is 23.5 Å². The highest BCUT2D eigenvalue weighted by Gasteiger charge is 2.16. The molecule has 0 saturated carbocycles. The minimum Gasteiger partial charge on any atom is -0.478 e. The van der Waals surface area contributed by atoms with Gasteiger partial charge in [0, 0.05) is 25.7 Å². The average Bonchev–Trinajstić information content (AvgIpc) is 2.53. The van der Waals surface area contributed by atoms with Crippen LogP contribution in [0.4, 0.5) is 11.4 Å². The Hall–Kier alpha value is -2.82. The second-order valence-electron chi connectivity index (χ2n) is 5.22. The molecular formula is C18H20N2O3. The van der Waals surface area contributed by atoms with Gasteiger partial charge in [0.15, 0.2) is 0 Å². The average molecular weight is 312 g/mol. The van der Waals surface area contributed by atoms with Crippen molar-refractivity contribution in [1.82, 2.24) is 0 Å². The maximum Gasteiger partial charge on any atom is 0.337 e. The second-order valence-corrected chi connectivity index (χ2v) is 5.22. The molecule has 5 heteroatoms. The number of carbonyl (C=O) groups excluding carboxylic acids is 1. The third-order valence-electron chi connectivity index (χ3n) is 3.49. The minimum absolute atomic E-state index is 0.175. The Morgan fingerprint density at radius 1 is 1.13 bits per heavy atom. The first kappa shape index (κ1) is 16.5. The van der Waals surface area contributed by atoms with Crippen LogP contribution in [0.5, 0.6) is 0 Å². The SMILES string of the molecule is CCN(Cc1ccccc1)c1ccc(NC(C)=O)cc1C(=O)O. The number of rotatable bonds is 6. The predicted molar refractivity (Wildman–Crippen MR) is 90.9 cm³/mol. The molecule has 0 fully saturated rings. The fourth-order valence-electron chi connectivity index (χ4n) is 2.44. The lowest BCUT2D eigenvalue weighted by Gasteiger charge is -2.25. The number of carboxylic acids is 1. The molecule has 2 aromatic rings. The Bertz CT molecular complexity index is 699. The van der Waals surface area contributed by atoms with Crippen LogP contribution in [-0.2, 0) is 11.3 Å². The smallest absolute Gasteiger partial charge is 0.337 e. The van der Waals surface area contributed by atoms with Gasteiger partial charge in [-0.2, -0.15) is 0 Å². The van der Waals surface area contributed by atoms with E-state index in [1.807, 2.05) is 42.2 Å². The molecular weight excluding hydrogens is 292 g/mol. The van der Waals surface area contributed by atoms with Gasteiger partial charge in [0.25, 0.3) is 0 Å². The summed E-state index contributed by atoms with van der Waals surface area (Å²) in [6.45, 7) is 4.67. The molecule has 5 nitrogen and oxygen atoms in total. The summed E-state index contributed by atoms with van der Waals surface area (Å²) in [5, 5.41) is 12.1. The van der Waals surface area contributed by atoms with Crippen LogP contribution in [0.15, 0.2) is 48.5 Å². The zero-order valence-corrected chi connectivity index (χ0v) is 13.2. The fraction of sp³-hybridized carbons (Fsp3) is 0.222. The van der Waals surface area contributed by atoms with Crippen LogP contribution < -0.4 is 10.2 Å². The summed E-state index contributed by atoms with van der Waals surface area (Å²) in [4.78, 5) is 24.7. The van der Waals surface area contributed by atoms with Crippen molar-refractivity contribution in [3.8, 4) is 0 Å². The molecule has 0 aromatic heterocycles. The van der Waals surface area contributed by atoms with E-state index in [1.165, 1.54) is 13.0 Å². The molecule has 0 unspecified atom stereocenters. The Morgan fingerprint density at radius 3 is 2.39 bits per heavy atom. The minimum atomic E-state index is -1.02. The third kappa shape index (κ3) is 4.32. The topological polar surface area (TPSA) is 69.6 Å². The molecule has 23 heavy (non-hydrogen) atoms. The predicted octanol–water partition coefficient (Wildman–Crippen LogP) is 3.37. The Kier molecular flexibility index (Phi) is 5.36. The maximum absolute atomic E-state index is 11.6. The van der Waals surface area contributed by atoms with Crippen molar-refractivity contribution >= 4 is 23.3 Å². The van der Waals surface area contributed by atoms with Crippen LogP contribution in [0, 0.1) is 0 Å². The number of carbonyl (C=O) groups is 2. The van der Waals surface area contributed by atoms with Gasteiger partial charge in [0.05, 0.1) is 11.3 Å². The molecule has 2 N–H and O–H groups in total. The standard InChI is InChI=1S/C18H20N2O3/c1-3-20(12-14-7-5-4-6-8-14)17-10-9-15(19-13(2)21)11-16(17)18(22)23/h4-11H,3,12H2,1-2H3,(H,19,21)(H,22,23). The molecule has 0 aliphatic rings. The molecule has 0 aliphatic carbocycles. The number of hydrogen-bond donors (Lipinski definition) is 2. The van der Waals surface area contributed by atoms with E-state index in [9.17, 15) is 14.7 Å². The molecule has 0 aliphatic heterocycles. The van der Waals surface area contributed by atoms with Crippen molar-refractivity contribution in [2.75, 3.05) is 16.8 Å². The van der Waals surface area contributed by atoms with E-state index in [0.717, 1.165) is 5.56 Å². The fourth-order valence-corrected chi connectivity index (χ4v) is 2.44. The van der Waals surface area contributed by atoms with Crippen molar-refractivity contribution in [2.24, 2.45) is 0 Å². The summed E-state index contributed by atoms with van der Waals surface area (Å²) in [7, 11) is 0. The van der Waals surface area contributed by atoms with Gasteiger partial charge in [-0.3, -0.25) is 4.79 Å². The van der Waals surface area contributed by atoms with E-state index in [1.54, 1.807) is 12.1 Å². The zero-order chi connectivity index (χ0) is 16.8. The molecule has 0 radical (unpaired) electrons. The quantitative estimate of drug-likeness (QED) is 0.858. The summed E-state index contributed by atoms with van der Waals surface area (Å²) < 4.78 is 0. The number of aromatic carboxylic acids is 1. The van der Waals surface area contributed by atoms with E-state index < -0.39 is 5.97 Å². The van der Waals surface area contributed by atoms with Gasteiger partial charge < -0.3 is 15.3 Å². The molecule has 0 spiro atoms. The largest absolute Gasteiger partial charge is 0.478 e. The van der Waals surface area contributed by atoms with Crippen LogP contribution >= 0.6 is 0 Å². The van der Waals surface area contributed by atoms with Crippen molar-refractivity contribution in [1.29, 1.82) is 0 Å². The molecule has 1 amide bonds. The highest BCUT2D eigenvalue weighted by Crippen LogP contribution is 2.26. The number of anilines is 2. The number of amides is 1. The molecule has 0 saturated heterocycles. The Balaban J connectivity index is 2.35. The third-order valence-corrected chi connectivity index (χ3v) is 3.49. The van der Waals surface area contributed by atoms with E-state index in [4.69, 9.17) is 0 Å². The van der Waals surface area contributed by atoms with Gasteiger partial charge in [-0.15, -0.1) is 0 Å². The molecule has 0 atom stereocenters. The van der Waals surface area contributed by atoms with Crippen LogP contribution in [0.3, 0.4) is 0 Å². The summed E-state index contributed by atoms with van der Waals surface area (Å²) in [6.07, 6.45) is 0. The first-order chi connectivity index (χ1) is 11.0. The highest BCUT2D eigenvalue weighted by molar-refractivity contribution is 5.97. The number of carboxylic acid groups (broad SMARTS) is 1.